The number of amides is 2. The highest BCUT2D eigenvalue weighted by Crippen LogP contribution is 2.03. The molecule has 104 valence electrons. The zero-order valence-corrected chi connectivity index (χ0v) is 11.0. The molecule has 0 aliphatic heterocycles. The lowest BCUT2D eigenvalue weighted by molar-refractivity contribution is -0.120. The molecular formula is C12H18N4O3. The van der Waals surface area contributed by atoms with Gasteiger partial charge in [0, 0.05) is 20.7 Å². The minimum Gasteiger partial charge on any atom is -0.383 e. The molecule has 0 radical (unpaired) electrons. The van der Waals surface area contributed by atoms with E-state index in [9.17, 15) is 9.59 Å². The van der Waals surface area contributed by atoms with Crippen LogP contribution >= 0.6 is 0 Å². The number of anilines is 1. The van der Waals surface area contributed by atoms with Crippen molar-refractivity contribution in [2.75, 3.05) is 39.2 Å². The molecule has 3 N–H and O–H groups in total. The van der Waals surface area contributed by atoms with Gasteiger partial charge in [-0.1, -0.05) is 6.07 Å². The predicted molar refractivity (Wildman–Crippen MR) is 71.0 cm³/mol. The summed E-state index contributed by atoms with van der Waals surface area (Å²) in [7, 11) is 3.27. The van der Waals surface area contributed by atoms with Crippen LogP contribution in [0.2, 0.25) is 0 Å². The number of aromatic nitrogens is 1. The van der Waals surface area contributed by atoms with Gasteiger partial charge in [0.15, 0.2) is 0 Å². The quantitative estimate of drug-likeness (QED) is 0.585. The fourth-order valence-electron chi connectivity index (χ4n) is 1.31. The van der Waals surface area contributed by atoms with E-state index in [2.05, 4.69) is 20.9 Å². The maximum atomic E-state index is 11.7. The molecule has 1 heterocycles. The molecular weight excluding hydrogens is 248 g/mol. The van der Waals surface area contributed by atoms with Gasteiger partial charge >= 0.3 is 0 Å². The van der Waals surface area contributed by atoms with Crippen molar-refractivity contribution in [3.8, 4) is 0 Å². The van der Waals surface area contributed by atoms with Crippen LogP contribution in [0.25, 0.3) is 0 Å². The molecule has 0 spiro atoms. The van der Waals surface area contributed by atoms with E-state index in [0.717, 1.165) is 0 Å². The van der Waals surface area contributed by atoms with E-state index in [1.54, 1.807) is 32.4 Å². The highest BCUT2D eigenvalue weighted by Gasteiger charge is 2.09. The number of carbonyl (C=O) groups excluding carboxylic acids is 2. The van der Waals surface area contributed by atoms with Gasteiger partial charge in [-0.25, -0.2) is 4.98 Å². The normalized spacial score (nSPS) is 9.79. The first-order valence-corrected chi connectivity index (χ1v) is 5.86. The number of hydrogen-bond donors (Lipinski definition) is 3. The van der Waals surface area contributed by atoms with Crippen molar-refractivity contribution in [2.45, 2.75) is 0 Å². The van der Waals surface area contributed by atoms with Gasteiger partial charge in [0.2, 0.25) is 5.91 Å². The molecule has 0 aromatic carbocycles. The van der Waals surface area contributed by atoms with Crippen LogP contribution in [0.1, 0.15) is 10.5 Å². The smallest absolute Gasteiger partial charge is 0.270 e. The number of rotatable bonds is 7. The number of nitrogens with one attached hydrogen (secondary N) is 3. The van der Waals surface area contributed by atoms with E-state index in [1.807, 2.05) is 0 Å². The van der Waals surface area contributed by atoms with Crippen molar-refractivity contribution in [3.63, 3.8) is 0 Å². The number of methoxy groups -OCH3 is 1. The topological polar surface area (TPSA) is 92.4 Å². The standard InChI is InChI=1S/C12H18N4O3/c1-13-10-5-3-4-9(16-10)12(18)15-8-11(17)14-6-7-19-2/h3-5H,6-8H2,1-2H3,(H,13,16)(H,14,17)(H,15,18). The SMILES string of the molecule is CNc1cccc(C(=O)NCC(=O)NCCOC)n1. The predicted octanol–water partition coefficient (Wildman–Crippen LogP) is -0.384. The van der Waals surface area contributed by atoms with Crippen molar-refractivity contribution in [1.82, 2.24) is 15.6 Å². The van der Waals surface area contributed by atoms with Crippen molar-refractivity contribution >= 4 is 17.6 Å². The summed E-state index contributed by atoms with van der Waals surface area (Å²) in [6.07, 6.45) is 0. The van der Waals surface area contributed by atoms with Gasteiger partial charge < -0.3 is 20.7 Å². The Morgan fingerprint density at radius 3 is 2.79 bits per heavy atom. The first kappa shape index (κ1) is 14.9. The molecule has 1 aromatic rings. The van der Waals surface area contributed by atoms with Crippen LogP contribution in [-0.2, 0) is 9.53 Å². The maximum Gasteiger partial charge on any atom is 0.270 e. The minimum atomic E-state index is -0.390. The number of hydrogen-bond acceptors (Lipinski definition) is 5. The molecule has 0 bridgehead atoms. The fourth-order valence-corrected chi connectivity index (χ4v) is 1.31. The Balaban J connectivity index is 2.40. The van der Waals surface area contributed by atoms with Gasteiger partial charge in [-0.3, -0.25) is 9.59 Å². The second-order valence-corrected chi connectivity index (χ2v) is 3.68. The Morgan fingerprint density at radius 2 is 2.11 bits per heavy atom. The summed E-state index contributed by atoms with van der Waals surface area (Å²) in [5, 5.41) is 7.93. The van der Waals surface area contributed by atoms with Gasteiger partial charge in [0.05, 0.1) is 13.2 Å². The first-order chi connectivity index (χ1) is 9.17. The third kappa shape index (κ3) is 5.35. The zero-order valence-electron chi connectivity index (χ0n) is 11.0. The Bertz CT molecular complexity index is 437. The molecule has 7 nitrogen and oxygen atoms in total. The van der Waals surface area contributed by atoms with Crippen molar-refractivity contribution < 1.29 is 14.3 Å². The van der Waals surface area contributed by atoms with Crippen molar-refractivity contribution in [1.29, 1.82) is 0 Å². The maximum absolute atomic E-state index is 11.7. The number of carbonyl (C=O) groups is 2. The van der Waals surface area contributed by atoms with E-state index in [0.29, 0.717) is 19.0 Å². The van der Waals surface area contributed by atoms with E-state index < -0.39 is 0 Å². The molecule has 1 rings (SSSR count). The lowest BCUT2D eigenvalue weighted by Crippen LogP contribution is -2.38. The van der Waals surface area contributed by atoms with Crippen LogP contribution in [0.15, 0.2) is 18.2 Å². The van der Waals surface area contributed by atoms with E-state index >= 15 is 0 Å². The molecule has 0 atom stereocenters. The molecule has 0 aliphatic rings. The lowest BCUT2D eigenvalue weighted by Gasteiger charge is -2.07. The molecule has 0 saturated carbocycles. The fraction of sp³-hybridized carbons (Fsp3) is 0.417. The van der Waals surface area contributed by atoms with Crippen LogP contribution in [0, 0.1) is 0 Å². The van der Waals surface area contributed by atoms with Crippen LogP contribution in [0.3, 0.4) is 0 Å². The molecule has 0 saturated heterocycles. The Morgan fingerprint density at radius 1 is 1.32 bits per heavy atom. The lowest BCUT2D eigenvalue weighted by atomic mass is 10.3. The highest BCUT2D eigenvalue weighted by atomic mass is 16.5. The van der Waals surface area contributed by atoms with Gasteiger partial charge in [0.25, 0.3) is 5.91 Å². The van der Waals surface area contributed by atoms with E-state index in [1.165, 1.54) is 0 Å². The summed E-state index contributed by atoms with van der Waals surface area (Å²) in [6.45, 7) is 0.762. The van der Waals surface area contributed by atoms with Crippen LogP contribution in [-0.4, -0.2) is 50.7 Å². The molecule has 2 amide bonds. The third-order valence-corrected chi connectivity index (χ3v) is 2.28. The second kappa shape index (κ2) is 8.04. The average molecular weight is 266 g/mol. The summed E-state index contributed by atoms with van der Waals surface area (Å²) < 4.78 is 4.79. The van der Waals surface area contributed by atoms with Crippen molar-refractivity contribution in [2.24, 2.45) is 0 Å². The van der Waals surface area contributed by atoms with Crippen LogP contribution in [0.5, 0.6) is 0 Å². The largest absolute Gasteiger partial charge is 0.383 e. The number of nitrogens with zero attached hydrogens (tertiary/aromatic N) is 1. The average Bonchev–Trinajstić information content (AvgIpc) is 2.45. The van der Waals surface area contributed by atoms with Gasteiger partial charge in [-0.15, -0.1) is 0 Å². The molecule has 0 unspecified atom stereocenters. The van der Waals surface area contributed by atoms with Crippen LogP contribution in [0.4, 0.5) is 5.82 Å². The second-order valence-electron chi connectivity index (χ2n) is 3.68. The van der Waals surface area contributed by atoms with E-state index in [4.69, 9.17) is 4.74 Å². The van der Waals surface area contributed by atoms with Crippen LogP contribution < -0.4 is 16.0 Å². The van der Waals surface area contributed by atoms with Gasteiger partial charge in [-0.05, 0) is 12.1 Å². The highest BCUT2D eigenvalue weighted by molar-refractivity contribution is 5.95. The molecule has 19 heavy (non-hydrogen) atoms. The summed E-state index contributed by atoms with van der Waals surface area (Å²) in [5.74, 6) is -0.0636. The third-order valence-electron chi connectivity index (χ3n) is 2.28. The number of ether oxygens (including phenoxy) is 1. The monoisotopic (exact) mass is 266 g/mol. The summed E-state index contributed by atoms with van der Waals surface area (Å²) in [6, 6.07) is 5.04. The summed E-state index contributed by atoms with van der Waals surface area (Å²) >= 11 is 0. The molecule has 1 aromatic heterocycles. The van der Waals surface area contributed by atoms with Gasteiger partial charge in [0.1, 0.15) is 11.5 Å². The first-order valence-electron chi connectivity index (χ1n) is 5.86. The zero-order chi connectivity index (χ0) is 14.1. The molecule has 0 aliphatic carbocycles. The minimum absolute atomic E-state index is 0.0893. The number of pyridine rings is 1. The molecule has 7 heteroatoms. The van der Waals surface area contributed by atoms with Gasteiger partial charge in [-0.2, -0.15) is 0 Å². The van der Waals surface area contributed by atoms with Crippen molar-refractivity contribution in [3.05, 3.63) is 23.9 Å². The summed E-state index contributed by atoms with van der Waals surface area (Å²) in [5.41, 5.74) is 0.261. The Hall–Kier alpha value is -2.15. The summed E-state index contributed by atoms with van der Waals surface area (Å²) in [4.78, 5) is 27.2. The Kier molecular flexibility index (Phi) is 6.31. The molecule has 0 fully saturated rings. The Labute approximate surface area is 111 Å². The van der Waals surface area contributed by atoms with E-state index in [-0.39, 0.29) is 24.1 Å².